The highest BCUT2D eigenvalue weighted by Crippen LogP contribution is 2.23. The molecule has 21 heavy (non-hydrogen) atoms. The number of benzene rings is 1. The Kier molecular flexibility index (Phi) is 4.36. The quantitative estimate of drug-likeness (QED) is 0.846. The summed E-state index contributed by atoms with van der Waals surface area (Å²) < 4.78 is 5.51. The summed E-state index contributed by atoms with van der Waals surface area (Å²) in [5.74, 6) is 1.43. The first kappa shape index (κ1) is 15.2. The molecule has 1 aromatic carbocycles. The van der Waals surface area contributed by atoms with E-state index in [1.165, 1.54) is 0 Å². The third kappa shape index (κ3) is 3.45. The van der Waals surface area contributed by atoms with E-state index in [4.69, 9.17) is 10.2 Å². The van der Waals surface area contributed by atoms with Gasteiger partial charge in [-0.2, -0.15) is 0 Å². The molecule has 2 aromatic rings. The first-order chi connectivity index (χ1) is 9.88. The van der Waals surface area contributed by atoms with Crippen molar-refractivity contribution in [3.63, 3.8) is 0 Å². The molecule has 1 amide bonds. The zero-order valence-corrected chi connectivity index (χ0v) is 12.9. The summed E-state index contributed by atoms with van der Waals surface area (Å²) in [5.41, 5.74) is 8.37. The first-order valence-corrected chi connectivity index (χ1v) is 7.11. The number of nitrogen functional groups attached to an aromatic ring is 1. The normalized spacial score (nSPS) is 13.7. The van der Waals surface area contributed by atoms with Crippen molar-refractivity contribution in [2.75, 3.05) is 5.73 Å². The van der Waals surface area contributed by atoms with Gasteiger partial charge in [0.25, 0.3) is 0 Å². The minimum absolute atomic E-state index is 0.0219. The van der Waals surface area contributed by atoms with Crippen LogP contribution in [0.25, 0.3) is 0 Å². The Hall–Kier alpha value is -2.23. The van der Waals surface area contributed by atoms with Gasteiger partial charge in [0.05, 0.1) is 12.0 Å². The van der Waals surface area contributed by atoms with Crippen LogP contribution in [-0.4, -0.2) is 5.91 Å². The number of carbonyl (C=O) groups is 1. The lowest BCUT2D eigenvalue weighted by atomic mass is 9.99. The monoisotopic (exact) mass is 286 g/mol. The molecule has 4 nitrogen and oxygen atoms in total. The number of anilines is 1. The smallest absolute Gasteiger partial charge is 0.227 e. The maximum atomic E-state index is 12.4. The highest BCUT2D eigenvalue weighted by molar-refractivity contribution is 5.83. The molecule has 2 unspecified atom stereocenters. The van der Waals surface area contributed by atoms with Gasteiger partial charge in [-0.15, -0.1) is 0 Å². The molecule has 0 saturated carbocycles. The molecule has 2 atom stereocenters. The standard InChI is InChI=1S/C17H22N2O2/c1-10-8-16(13(4)21-10)12(3)19-17(20)11(2)14-6-5-7-15(18)9-14/h5-9,11-12H,18H2,1-4H3,(H,19,20). The van der Waals surface area contributed by atoms with Gasteiger partial charge in [0.1, 0.15) is 11.5 Å². The van der Waals surface area contributed by atoms with E-state index in [-0.39, 0.29) is 17.9 Å². The van der Waals surface area contributed by atoms with Crippen LogP contribution >= 0.6 is 0 Å². The predicted molar refractivity (Wildman–Crippen MR) is 84.0 cm³/mol. The topological polar surface area (TPSA) is 68.3 Å². The maximum absolute atomic E-state index is 12.4. The van der Waals surface area contributed by atoms with Gasteiger partial charge < -0.3 is 15.5 Å². The number of furan rings is 1. The lowest BCUT2D eigenvalue weighted by molar-refractivity contribution is -0.122. The third-order valence-electron chi connectivity index (χ3n) is 3.71. The average molecular weight is 286 g/mol. The van der Waals surface area contributed by atoms with Gasteiger partial charge in [0.2, 0.25) is 5.91 Å². The second kappa shape index (κ2) is 6.04. The first-order valence-electron chi connectivity index (χ1n) is 7.11. The minimum atomic E-state index is -0.246. The highest BCUT2D eigenvalue weighted by atomic mass is 16.3. The summed E-state index contributed by atoms with van der Waals surface area (Å²) in [6, 6.07) is 9.31. The van der Waals surface area contributed by atoms with Crippen molar-refractivity contribution >= 4 is 11.6 Å². The molecule has 0 bridgehead atoms. The van der Waals surface area contributed by atoms with Gasteiger partial charge in [0, 0.05) is 11.3 Å². The summed E-state index contributed by atoms with van der Waals surface area (Å²) >= 11 is 0. The highest BCUT2D eigenvalue weighted by Gasteiger charge is 2.20. The largest absolute Gasteiger partial charge is 0.466 e. The third-order valence-corrected chi connectivity index (χ3v) is 3.71. The van der Waals surface area contributed by atoms with Crippen molar-refractivity contribution < 1.29 is 9.21 Å². The van der Waals surface area contributed by atoms with E-state index in [0.29, 0.717) is 5.69 Å². The minimum Gasteiger partial charge on any atom is -0.466 e. The second-order valence-electron chi connectivity index (χ2n) is 5.49. The van der Waals surface area contributed by atoms with Crippen LogP contribution in [0.1, 0.15) is 48.5 Å². The van der Waals surface area contributed by atoms with Crippen molar-refractivity contribution in [3.8, 4) is 0 Å². The van der Waals surface area contributed by atoms with E-state index in [9.17, 15) is 4.79 Å². The molecule has 1 heterocycles. The van der Waals surface area contributed by atoms with E-state index in [1.54, 1.807) is 0 Å². The number of nitrogens with two attached hydrogens (primary N) is 1. The Morgan fingerprint density at radius 2 is 1.95 bits per heavy atom. The summed E-state index contributed by atoms with van der Waals surface area (Å²) in [5, 5.41) is 3.03. The van der Waals surface area contributed by atoms with Gasteiger partial charge in [-0.25, -0.2) is 0 Å². The lowest BCUT2D eigenvalue weighted by Gasteiger charge is -2.17. The number of hydrogen-bond donors (Lipinski definition) is 2. The van der Waals surface area contributed by atoms with E-state index >= 15 is 0 Å². The molecule has 112 valence electrons. The van der Waals surface area contributed by atoms with E-state index in [0.717, 1.165) is 22.6 Å². The van der Waals surface area contributed by atoms with Crippen LogP contribution in [0.4, 0.5) is 5.69 Å². The van der Waals surface area contributed by atoms with Crippen molar-refractivity contribution in [1.29, 1.82) is 0 Å². The number of hydrogen-bond acceptors (Lipinski definition) is 3. The molecule has 4 heteroatoms. The van der Waals surface area contributed by atoms with Gasteiger partial charge in [0.15, 0.2) is 0 Å². The molecule has 3 N–H and O–H groups in total. The van der Waals surface area contributed by atoms with E-state index in [2.05, 4.69) is 5.32 Å². The number of aryl methyl sites for hydroxylation is 2. The number of rotatable bonds is 4. The Morgan fingerprint density at radius 3 is 2.52 bits per heavy atom. The molecule has 0 spiro atoms. The Labute approximate surface area is 125 Å². The SMILES string of the molecule is Cc1cc(C(C)NC(=O)C(C)c2cccc(N)c2)c(C)o1. The fourth-order valence-corrected chi connectivity index (χ4v) is 2.48. The molecule has 1 aromatic heterocycles. The number of nitrogens with one attached hydrogen (secondary N) is 1. The Balaban J connectivity index is 2.09. The van der Waals surface area contributed by atoms with E-state index in [1.807, 2.05) is 58.0 Å². The predicted octanol–water partition coefficient (Wildman–Crippen LogP) is 3.46. The summed E-state index contributed by atoms with van der Waals surface area (Å²) in [7, 11) is 0. The molecular weight excluding hydrogens is 264 g/mol. The lowest BCUT2D eigenvalue weighted by Crippen LogP contribution is -2.30. The second-order valence-corrected chi connectivity index (χ2v) is 5.49. The Bertz CT molecular complexity index is 646. The van der Waals surface area contributed by atoms with Crippen LogP contribution in [-0.2, 0) is 4.79 Å². The number of carbonyl (C=O) groups excluding carboxylic acids is 1. The van der Waals surface area contributed by atoms with Crippen LogP contribution in [0.3, 0.4) is 0 Å². The molecule has 0 fully saturated rings. The molecule has 0 aliphatic heterocycles. The van der Waals surface area contributed by atoms with Gasteiger partial charge in [-0.1, -0.05) is 12.1 Å². The molecule has 0 saturated heterocycles. The van der Waals surface area contributed by atoms with Gasteiger partial charge in [-0.3, -0.25) is 4.79 Å². The van der Waals surface area contributed by atoms with Crippen molar-refractivity contribution in [3.05, 3.63) is 53.0 Å². The summed E-state index contributed by atoms with van der Waals surface area (Å²) in [4.78, 5) is 12.4. The van der Waals surface area contributed by atoms with Crippen LogP contribution in [0.5, 0.6) is 0 Å². The van der Waals surface area contributed by atoms with E-state index < -0.39 is 0 Å². The average Bonchev–Trinajstić information content (AvgIpc) is 2.76. The van der Waals surface area contributed by atoms with Crippen LogP contribution in [0, 0.1) is 13.8 Å². The van der Waals surface area contributed by atoms with Crippen LogP contribution < -0.4 is 11.1 Å². The molecule has 0 aliphatic rings. The van der Waals surface area contributed by atoms with Gasteiger partial charge >= 0.3 is 0 Å². The molecule has 0 aliphatic carbocycles. The van der Waals surface area contributed by atoms with Gasteiger partial charge in [-0.05, 0) is 51.5 Å². The van der Waals surface area contributed by atoms with Crippen LogP contribution in [0.2, 0.25) is 0 Å². The zero-order valence-electron chi connectivity index (χ0n) is 12.9. The maximum Gasteiger partial charge on any atom is 0.227 e. The fraction of sp³-hybridized carbons (Fsp3) is 0.353. The molecule has 2 rings (SSSR count). The molecular formula is C17H22N2O2. The van der Waals surface area contributed by atoms with Crippen molar-refractivity contribution in [1.82, 2.24) is 5.32 Å². The molecule has 0 radical (unpaired) electrons. The summed E-state index contributed by atoms with van der Waals surface area (Å²) in [6.07, 6.45) is 0. The Morgan fingerprint density at radius 1 is 1.24 bits per heavy atom. The van der Waals surface area contributed by atoms with Crippen molar-refractivity contribution in [2.24, 2.45) is 0 Å². The van der Waals surface area contributed by atoms with Crippen molar-refractivity contribution in [2.45, 2.75) is 39.7 Å². The number of amides is 1. The zero-order chi connectivity index (χ0) is 15.6. The fourth-order valence-electron chi connectivity index (χ4n) is 2.48. The summed E-state index contributed by atoms with van der Waals surface area (Å²) in [6.45, 7) is 7.65. The van der Waals surface area contributed by atoms with Crippen LogP contribution in [0.15, 0.2) is 34.7 Å².